The van der Waals surface area contributed by atoms with Gasteiger partial charge in [-0.15, -0.1) is 0 Å². The van der Waals surface area contributed by atoms with Gasteiger partial charge in [0.1, 0.15) is 0 Å². The third-order valence-corrected chi connectivity index (χ3v) is 2.20. The molecule has 0 aliphatic carbocycles. The molecule has 0 radical (unpaired) electrons. The molecular weight excluding hydrogens is 244 g/mol. The highest BCUT2D eigenvalue weighted by molar-refractivity contribution is 6.16. The number of benzene rings is 1. The van der Waals surface area contributed by atoms with E-state index in [0.717, 1.165) is 18.2 Å². The SMILES string of the molecule is C/C=C(/C(=O)O)c1ccc([N+](=O)[O-])cc1[N+](=O)[O-]. The summed E-state index contributed by atoms with van der Waals surface area (Å²) in [6.45, 7) is 1.41. The van der Waals surface area contributed by atoms with Gasteiger partial charge in [-0.05, 0) is 13.0 Å². The van der Waals surface area contributed by atoms with Gasteiger partial charge in [0, 0.05) is 6.07 Å². The highest BCUT2D eigenvalue weighted by Crippen LogP contribution is 2.30. The molecule has 0 fully saturated rings. The Bertz CT molecular complexity index is 563. The number of hydrogen-bond acceptors (Lipinski definition) is 5. The zero-order valence-electron chi connectivity index (χ0n) is 9.19. The van der Waals surface area contributed by atoms with Gasteiger partial charge in [0.25, 0.3) is 11.4 Å². The quantitative estimate of drug-likeness (QED) is 0.496. The number of nitro benzene ring substituents is 2. The summed E-state index contributed by atoms with van der Waals surface area (Å²) in [6, 6.07) is 2.82. The van der Waals surface area contributed by atoms with E-state index in [-0.39, 0.29) is 11.1 Å². The van der Waals surface area contributed by atoms with Gasteiger partial charge in [-0.2, -0.15) is 0 Å². The second-order valence-electron chi connectivity index (χ2n) is 3.22. The van der Waals surface area contributed by atoms with Crippen molar-refractivity contribution in [1.29, 1.82) is 0 Å². The number of carboxylic acids is 1. The van der Waals surface area contributed by atoms with Crippen molar-refractivity contribution in [3.05, 3.63) is 50.1 Å². The van der Waals surface area contributed by atoms with Crippen LogP contribution < -0.4 is 0 Å². The van der Waals surface area contributed by atoms with Crippen LogP contribution in [0.15, 0.2) is 24.3 Å². The molecule has 1 N–H and O–H groups in total. The van der Waals surface area contributed by atoms with Crippen LogP contribution in [0.1, 0.15) is 12.5 Å². The van der Waals surface area contributed by atoms with Crippen molar-refractivity contribution in [1.82, 2.24) is 0 Å². The second-order valence-corrected chi connectivity index (χ2v) is 3.22. The maximum atomic E-state index is 10.9. The predicted molar refractivity (Wildman–Crippen MR) is 61.0 cm³/mol. The summed E-state index contributed by atoms with van der Waals surface area (Å²) in [4.78, 5) is 30.6. The van der Waals surface area contributed by atoms with Crippen LogP contribution in [0.3, 0.4) is 0 Å². The van der Waals surface area contributed by atoms with E-state index in [1.807, 2.05) is 0 Å². The molecule has 0 atom stereocenters. The van der Waals surface area contributed by atoms with Crippen molar-refractivity contribution in [2.24, 2.45) is 0 Å². The molecule has 0 aliphatic heterocycles. The van der Waals surface area contributed by atoms with Crippen molar-refractivity contribution in [2.75, 3.05) is 0 Å². The molecule has 1 rings (SSSR count). The van der Waals surface area contributed by atoms with Gasteiger partial charge in [-0.3, -0.25) is 20.2 Å². The van der Waals surface area contributed by atoms with Crippen LogP contribution in [0, 0.1) is 20.2 Å². The first kappa shape index (κ1) is 13.3. The lowest BCUT2D eigenvalue weighted by Crippen LogP contribution is -2.03. The van der Waals surface area contributed by atoms with E-state index in [1.54, 1.807) is 0 Å². The molecule has 0 saturated carbocycles. The average Bonchev–Trinajstić information content (AvgIpc) is 2.29. The van der Waals surface area contributed by atoms with Crippen LogP contribution >= 0.6 is 0 Å². The van der Waals surface area contributed by atoms with Crippen LogP contribution in [0.2, 0.25) is 0 Å². The number of nitro groups is 2. The number of allylic oxidation sites excluding steroid dienone is 1. The first-order chi connectivity index (χ1) is 8.38. The van der Waals surface area contributed by atoms with Gasteiger partial charge < -0.3 is 5.11 Å². The predicted octanol–water partition coefficient (Wildman–Crippen LogP) is 1.99. The molecule has 0 heterocycles. The van der Waals surface area contributed by atoms with Crippen LogP contribution in [-0.2, 0) is 4.79 Å². The van der Waals surface area contributed by atoms with Crippen LogP contribution in [0.5, 0.6) is 0 Å². The normalized spacial score (nSPS) is 11.1. The molecule has 0 saturated heterocycles. The summed E-state index contributed by atoms with van der Waals surface area (Å²) >= 11 is 0. The molecule has 0 bridgehead atoms. The van der Waals surface area contributed by atoms with Crippen LogP contribution in [0.4, 0.5) is 11.4 Å². The van der Waals surface area contributed by atoms with E-state index in [2.05, 4.69) is 0 Å². The van der Waals surface area contributed by atoms with Gasteiger partial charge in [0.05, 0.1) is 27.0 Å². The largest absolute Gasteiger partial charge is 0.478 e. The summed E-state index contributed by atoms with van der Waals surface area (Å²) in [5.74, 6) is -1.34. The summed E-state index contributed by atoms with van der Waals surface area (Å²) in [5.41, 5.74) is -1.52. The number of carboxylic acid groups (broad SMARTS) is 1. The Labute approximate surface area is 100 Å². The molecule has 18 heavy (non-hydrogen) atoms. The monoisotopic (exact) mass is 252 g/mol. The summed E-state index contributed by atoms with van der Waals surface area (Å²) in [7, 11) is 0. The lowest BCUT2D eigenvalue weighted by atomic mass is 10.0. The van der Waals surface area contributed by atoms with E-state index in [4.69, 9.17) is 5.11 Å². The zero-order valence-corrected chi connectivity index (χ0v) is 9.19. The van der Waals surface area contributed by atoms with Crippen LogP contribution in [-0.4, -0.2) is 20.9 Å². The Hall–Kier alpha value is -2.77. The van der Waals surface area contributed by atoms with E-state index < -0.39 is 27.2 Å². The Morgan fingerprint density at radius 3 is 2.28 bits per heavy atom. The van der Waals surface area contributed by atoms with E-state index in [1.165, 1.54) is 13.0 Å². The number of hydrogen-bond donors (Lipinski definition) is 1. The van der Waals surface area contributed by atoms with E-state index in [0.29, 0.717) is 0 Å². The minimum atomic E-state index is -1.34. The number of aliphatic carboxylic acids is 1. The molecule has 0 amide bonds. The summed E-state index contributed by atoms with van der Waals surface area (Å²) in [6.07, 6.45) is 1.19. The Morgan fingerprint density at radius 2 is 1.89 bits per heavy atom. The van der Waals surface area contributed by atoms with Crippen molar-refractivity contribution < 1.29 is 19.7 Å². The molecule has 0 unspecified atom stereocenters. The van der Waals surface area contributed by atoms with Crippen molar-refractivity contribution in [3.8, 4) is 0 Å². The molecule has 0 spiro atoms. The highest BCUT2D eigenvalue weighted by atomic mass is 16.6. The lowest BCUT2D eigenvalue weighted by Gasteiger charge is -2.03. The van der Waals surface area contributed by atoms with E-state index >= 15 is 0 Å². The Morgan fingerprint density at radius 1 is 1.28 bits per heavy atom. The molecular formula is C10H8N2O6. The first-order valence-electron chi connectivity index (χ1n) is 4.71. The minimum Gasteiger partial charge on any atom is -0.478 e. The van der Waals surface area contributed by atoms with Crippen molar-refractivity contribution in [2.45, 2.75) is 6.92 Å². The maximum absolute atomic E-state index is 10.9. The fraction of sp³-hybridized carbons (Fsp3) is 0.100. The standard InChI is InChI=1S/C10H8N2O6/c1-2-7(10(13)14)8-4-3-6(11(15)16)5-9(8)12(17)18/h2-5H,1H3,(H,13,14)/b7-2+. The molecule has 8 nitrogen and oxygen atoms in total. The second kappa shape index (κ2) is 5.04. The Balaban J connectivity index is 3.50. The van der Waals surface area contributed by atoms with E-state index in [9.17, 15) is 25.0 Å². The molecule has 0 aliphatic rings. The van der Waals surface area contributed by atoms with Crippen molar-refractivity contribution >= 4 is 22.9 Å². The van der Waals surface area contributed by atoms with Gasteiger partial charge in [0.2, 0.25) is 0 Å². The fourth-order valence-corrected chi connectivity index (χ4v) is 1.41. The topological polar surface area (TPSA) is 124 Å². The van der Waals surface area contributed by atoms with Crippen LogP contribution in [0.25, 0.3) is 5.57 Å². The first-order valence-corrected chi connectivity index (χ1v) is 4.71. The van der Waals surface area contributed by atoms with Crippen molar-refractivity contribution in [3.63, 3.8) is 0 Å². The molecule has 8 heteroatoms. The minimum absolute atomic E-state index is 0.166. The lowest BCUT2D eigenvalue weighted by molar-refractivity contribution is -0.394. The number of carbonyl (C=O) groups is 1. The highest BCUT2D eigenvalue weighted by Gasteiger charge is 2.24. The van der Waals surface area contributed by atoms with Gasteiger partial charge in [-0.25, -0.2) is 4.79 Å². The molecule has 94 valence electrons. The summed E-state index contributed by atoms with van der Waals surface area (Å²) < 4.78 is 0. The molecule has 1 aromatic carbocycles. The fourth-order valence-electron chi connectivity index (χ4n) is 1.41. The smallest absolute Gasteiger partial charge is 0.336 e. The number of nitrogens with zero attached hydrogens (tertiary/aromatic N) is 2. The third kappa shape index (κ3) is 2.48. The summed E-state index contributed by atoms with van der Waals surface area (Å²) in [5, 5.41) is 30.2. The molecule has 1 aromatic rings. The van der Waals surface area contributed by atoms with Gasteiger partial charge in [0.15, 0.2) is 0 Å². The number of rotatable bonds is 4. The van der Waals surface area contributed by atoms with Gasteiger partial charge in [-0.1, -0.05) is 6.08 Å². The maximum Gasteiger partial charge on any atom is 0.336 e. The Kier molecular flexibility index (Phi) is 3.72. The van der Waals surface area contributed by atoms with Gasteiger partial charge >= 0.3 is 5.97 Å². The average molecular weight is 252 g/mol. The zero-order chi connectivity index (χ0) is 13.9. The number of non-ortho nitro benzene ring substituents is 1. The third-order valence-electron chi connectivity index (χ3n) is 2.20. The molecule has 0 aromatic heterocycles.